The van der Waals surface area contributed by atoms with Crippen molar-refractivity contribution in [3.05, 3.63) is 29.6 Å². The van der Waals surface area contributed by atoms with Gasteiger partial charge in [0.15, 0.2) is 0 Å². The van der Waals surface area contributed by atoms with Gasteiger partial charge in [-0.25, -0.2) is 4.39 Å². The zero-order valence-electron chi connectivity index (χ0n) is 10.1. The normalized spacial score (nSPS) is 25.9. The summed E-state index contributed by atoms with van der Waals surface area (Å²) < 4.78 is 18.8. The molecule has 1 saturated heterocycles. The van der Waals surface area contributed by atoms with Gasteiger partial charge in [0.25, 0.3) is 0 Å². The molecule has 1 heterocycles. The number of benzene rings is 1. The van der Waals surface area contributed by atoms with Crippen LogP contribution in [0.5, 0.6) is 5.75 Å². The molecule has 1 aliphatic heterocycles. The highest BCUT2D eigenvalue weighted by Gasteiger charge is 2.52. The summed E-state index contributed by atoms with van der Waals surface area (Å²) >= 11 is 0. The molecule has 0 aromatic heterocycles. The highest BCUT2D eigenvalue weighted by molar-refractivity contribution is 5.45. The van der Waals surface area contributed by atoms with E-state index in [9.17, 15) is 4.39 Å². The molecule has 3 heteroatoms. The van der Waals surface area contributed by atoms with E-state index in [0.29, 0.717) is 6.04 Å². The number of ether oxygens (including phenoxy) is 1. The lowest BCUT2D eigenvalue weighted by atomic mass is 9.86. The van der Waals surface area contributed by atoms with Crippen LogP contribution in [0.1, 0.15) is 31.2 Å². The average Bonchev–Trinajstić information content (AvgIpc) is 2.96. The smallest absolute Gasteiger partial charge is 0.123 e. The first-order valence-electron chi connectivity index (χ1n) is 6.34. The third-order valence-corrected chi connectivity index (χ3v) is 4.21. The Morgan fingerprint density at radius 3 is 2.82 bits per heavy atom. The minimum absolute atomic E-state index is 0.129. The van der Waals surface area contributed by atoms with E-state index in [1.807, 2.05) is 0 Å². The molecule has 2 aliphatic rings. The molecule has 0 spiro atoms. The molecule has 1 aromatic rings. The van der Waals surface area contributed by atoms with E-state index in [1.165, 1.54) is 18.9 Å². The number of hydrogen-bond donors (Lipinski definition) is 1. The Labute approximate surface area is 101 Å². The maximum atomic E-state index is 13.5. The number of halogens is 1. The minimum Gasteiger partial charge on any atom is -0.496 e. The number of methoxy groups -OCH3 is 1. The third-order valence-electron chi connectivity index (χ3n) is 4.21. The summed E-state index contributed by atoms with van der Waals surface area (Å²) in [7, 11) is 1.66. The minimum atomic E-state index is -0.162. The van der Waals surface area contributed by atoms with Gasteiger partial charge >= 0.3 is 0 Å². The first-order chi connectivity index (χ1) is 8.26. The van der Waals surface area contributed by atoms with E-state index in [0.717, 1.165) is 30.7 Å². The Balaban J connectivity index is 1.99. The number of hydrogen-bond acceptors (Lipinski definition) is 2. The van der Waals surface area contributed by atoms with Gasteiger partial charge in [-0.05, 0) is 50.4 Å². The van der Waals surface area contributed by atoms with Crippen molar-refractivity contribution in [1.29, 1.82) is 0 Å². The Kier molecular flexibility index (Phi) is 2.58. The summed E-state index contributed by atoms with van der Waals surface area (Å²) in [5, 5.41) is 3.55. The summed E-state index contributed by atoms with van der Waals surface area (Å²) in [6, 6.07) is 5.38. The lowest BCUT2D eigenvalue weighted by molar-refractivity contribution is 0.388. The molecular formula is C14H18FNO. The van der Waals surface area contributed by atoms with Gasteiger partial charge in [-0.1, -0.05) is 0 Å². The molecule has 0 amide bonds. The van der Waals surface area contributed by atoms with E-state index in [4.69, 9.17) is 4.74 Å². The quantitative estimate of drug-likeness (QED) is 0.869. The molecular weight excluding hydrogens is 217 g/mol. The van der Waals surface area contributed by atoms with Gasteiger partial charge in [-0.2, -0.15) is 0 Å². The second-order valence-electron chi connectivity index (χ2n) is 5.15. The summed E-state index contributed by atoms with van der Waals surface area (Å²) in [4.78, 5) is 0. The van der Waals surface area contributed by atoms with Crippen LogP contribution in [-0.4, -0.2) is 19.7 Å². The monoisotopic (exact) mass is 235 g/mol. The van der Waals surface area contributed by atoms with Crippen LogP contribution in [0.3, 0.4) is 0 Å². The fourth-order valence-corrected chi connectivity index (χ4v) is 3.17. The van der Waals surface area contributed by atoms with Crippen LogP contribution in [0.4, 0.5) is 4.39 Å². The maximum absolute atomic E-state index is 13.5. The van der Waals surface area contributed by atoms with Gasteiger partial charge in [0.2, 0.25) is 0 Å². The SMILES string of the molecule is COc1ccc(F)cc1C1(C2CCCN2)CC1. The summed E-state index contributed by atoms with van der Waals surface area (Å²) in [5.74, 6) is 0.669. The van der Waals surface area contributed by atoms with Crippen LogP contribution >= 0.6 is 0 Å². The molecule has 1 N–H and O–H groups in total. The van der Waals surface area contributed by atoms with E-state index in [1.54, 1.807) is 19.2 Å². The van der Waals surface area contributed by atoms with Crippen molar-refractivity contribution >= 4 is 0 Å². The van der Waals surface area contributed by atoms with Gasteiger partial charge in [0, 0.05) is 17.0 Å². The molecule has 0 radical (unpaired) electrons. The average molecular weight is 235 g/mol. The van der Waals surface area contributed by atoms with E-state index < -0.39 is 0 Å². The molecule has 1 aliphatic carbocycles. The topological polar surface area (TPSA) is 21.3 Å². The van der Waals surface area contributed by atoms with Crippen molar-refractivity contribution in [1.82, 2.24) is 5.32 Å². The van der Waals surface area contributed by atoms with Crippen molar-refractivity contribution < 1.29 is 9.13 Å². The summed E-state index contributed by atoms with van der Waals surface area (Å²) in [6.45, 7) is 1.09. The van der Waals surface area contributed by atoms with Crippen molar-refractivity contribution in [2.75, 3.05) is 13.7 Å². The molecule has 92 valence electrons. The molecule has 2 fully saturated rings. The molecule has 3 rings (SSSR count). The Morgan fingerprint density at radius 1 is 1.41 bits per heavy atom. The van der Waals surface area contributed by atoms with Gasteiger partial charge in [0.1, 0.15) is 11.6 Å². The molecule has 1 atom stereocenters. The fraction of sp³-hybridized carbons (Fsp3) is 0.571. The summed E-state index contributed by atoms with van der Waals surface area (Å²) in [6.07, 6.45) is 4.71. The molecule has 0 bridgehead atoms. The Hall–Kier alpha value is -1.09. The van der Waals surface area contributed by atoms with Crippen LogP contribution in [0.15, 0.2) is 18.2 Å². The lowest BCUT2D eigenvalue weighted by Gasteiger charge is -2.25. The predicted octanol–water partition coefficient (Wildman–Crippen LogP) is 2.62. The predicted molar refractivity (Wildman–Crippen MR) is 64.9 cm³/mol. The number of rotatable bonds is 3. The summed E-state index contributed by atoms with van der Waals surface area (Å²) in [5.41, 5.74) is 1.18. The van der Waals surface area contributed by atoms with Crippen LogP contribution in [0.25, 0.3) is 0 Å². The third kappa shape index (κ3) is 1.73. The van der Waals surface area contributed by atoms with Gasteiger partial charge < -0.3 is 10.1 Å². The Bertz CT molecular complexity index is 422. The standard InChI is InChI=1S/C14H18FNO/c1-17-12-5-4-10(15)9-11(12)14(6-7-14)13-3-2-8-16-13/h4-5,9,13,16H,2-3,6-8H2,1H3. The lowest BCUT2D eigenvalue weighted by Crippen LogP contribution is -2.35. The second kappa shape index (κ2) is 3.98. The highest BCUT2D eigenvalue weighted by atomic mass is 19.1. The molecule has 17 heavy (non-hydrogen) atoms. The van der Waals surface area contributed by atoms with Crippen LogP contribution < -0.4 is 10.1 Å². The first kappa shape index (κ1) is 11.0. The van der Waals surface area contributed by atoms with Gasteiger partial charge in [-0.15, -0.1) is 0 Å². The van der Waals surface area contributed by atoms with Crippen LogP contribution in [0.2, 0.25) is 0 Å². The van der Waals surface area contributed by atoms with Crippen LogP contribution in [-0.2, 0) is 5.41 Å². The molecule has 1 unspecified atom stereocenters. The molecule has 1 aromatic carbocycles. The van der Waals surface area contributed by atoms with E-state index in [2.05, 4.69) is 5.32 Å². The van der Waals surface area contributed by atoms with E-state index in [-0.39, 0.29) is 11.2 Å². The highest BCUT2D eigenvalue weighted by Crippen LogP contribution is 2.55. The molecule has 1 saturated carbocycles. The zero-order valence-corrected chi connectivity index (χ0v) is 10.1. The first-order valence-corrected chi connectivity index (χ1v) is 6.34. The number of nitrogens with one attached hydrogen (secondary N) is 1. The second-order valence-corrected chi connectivity index (χ2v) is 5.15. The van der Waals surface area contributed by atoms with Crippen molar-refractivity contribution in [2.45, 2.75) is 37.1 Å². The van der Waals surface area contributed by atoms with Crippen molar-refractivity contribution in [3.63, 3.8) is 0 Å². The largest absolute Gasteiger partial charge is 0.496 e. The van der Waals surface area contributed by atoms with Crippen molar-refractivity contribution in [2.24, 2.45) is 0 Å². The zero-order chi connectivity index (χ0) is 11.9. The van der Waals surface area contributed by atoms with Crippen molar-refractivity contribution in [3.8, 4) is 5.75 Å². The maximum Gasteiger partial charge on any atom is 0.123 e. The van der Waals surface area contributed by atoms with Gasteiger partial charge in [0.05, 0.1) is 7.11 Å². The Morgan fingerprint density at radius 2 is 2.24 bits per heavy atom. The van der Waals surface area contributed by atoms with E-state index >= 15 is 0 Å². The van der Waals surface area contributed by atoms with Gasteiger partial charge in [-0.3, -0.25) is 0 Å². The molecule has 2 nitrogen and oxygen atoms in total. The fourth-order valence-electron chi connectivity index (χ4n) is 3.17. The van der Waals surface area contributed by atoms with Crippen LogP contribution in [0, 0.1) is 5.82 Å².